The summed E-state index contributed by atoms with van der Waals surface area (Å²) in [5.41, 5.74) is 7.38. The summed E-state index contributed by atoms with van der Waals surface area (Å²) in [5, 5.41) is 15.5. The molecule has 120 valence electrons. The van der Waals surface area contributed by atoms with Gasteiger partial charge in [0, 0.05) is 30.2 Å². The standard InChI is InChI=1S/C15H13N7O2/c1-24-11-3-5-18-7-10(11)20-15(23)12-13(17)21-22-8-9(2-4-16)6-19-14(12)22/h3,5-8H,2H2,1H3,(H2,17,21)(H,20,23). The van der Waals surface area contributed by atoms with Crippen LogP contribution < -0.4 is 15.8 Å². The minimum absolute atomic E-state index is 0.0389. The Morgan fingerprint density at radius 1 is 1.50 bits per heavy atom. The van der Waals surface area contributed by atoms with Crippen LogP contribution in [-0.4, -0.2) is 32.6 Å². The topological polar surface area (TPSA) is 131 Å². The molecule has 0 bridgehead atoms. The van der Waals surface area contributed by atoms with E-state index in [1.807, 2.05) is 6.07 Å². The number of hydrogen-bond acceptors (Lipinski definition) is 7. The number of carbonyl (C=O) groups is 1. The zero-order chi connectivity index (χ0) is 17.1. The number of nitrogens with two attached hydrogens (primary N) is 1. The lowest BCUT2D eigenvalue weighted by Gasteiger charge is -2.08. The van der Waals surface area contributed by atoms with Gasteiger partial charge in [-0.1, -0.05) is 0 Å². The molecule has 0 aliphatic carbocycles. The van der Waals surface area contributed by atoms with Crippen LogP contribution in [0.2, 0.25) is 0 Å². The van der Waals surface area contributed by atoms with Crippen LogP contribution in [0.1, 0.15) is 15.9 Å². The van der Waals surface area contributed by atoms with Crippen molar-refractivity contribution in [2.24, 2.45) is 0 Å². The summed E-state index contributed by atoms with van der Waals surface area (Å²) in [5.74, 6) is 0.0314. The molecule has 9 nitrogen and oxygen atoms in total. The zero-order valence-corrected chi connectivity index (χ0v) is 12.7. The van der Waals surface area contributed by atoms with Gasteiger partial charge in [0.15, 0.2) is 11.5 Å². The Balaban J connectivity index is 1.98. The van der Waals surface area contributed by atoms with Gasteiger partial charge in [-0.05, 0) is 0 Å². The Morgan fingerprint density at radius 3 is 3.08 bits per heavy atom. The molecule has 9 heteroatoms. The van der Waals surface area contributed by atoms with Crippen molar-refractivity contribution in [1.82, 2.24) is 19.6 Å². The maximum Gasteiger partial charge on any atom is 0.263 e. The van der Waals surface area contributed by atoms with Gasteiger partial charge in [-0.2, -0.15) is 5.26 Å². The van der Waals surface area contributed by atoms with E-state index in [4.69, 9.17) is 15.7 Å². The van der Waals surface area contributed by atoms with Crippen molar-refractivity contribution < 1.29 is 9.53 Å². The SMILES string of the molecule is COc1ccncc1NC(=O)c1c(N)nn2cc(CC#N)cnc12. The fourth-order valence-corrected chi connectivity index (χ4v) is 2.23. The number of methoxy groups -OCH3 is 1. The molecule has 3 rings (SSSR count). The van der Waals surface area contributed by atoms with Gasteiger partial charge in [-0.25, -0.2) is 9.50 Å². The second-order valence-electron chi connectivity index (χ2n) is 4.86. The van der Waals surface area contributed by atoms with E-state index in [-0.39, 0.29) is 17.8 Å². The molecule has 3 heterocycles. The molecule has 0 aliphatic rings. The number of fused-ring (bicyclic) bond motifs is 1. The molecule has 0 spiro atoms. The Hall–Kier alpha value is -3.67. The first-order chi connectivity index (χ1) is 11.6. The van der Waals surface area contributed by atoms with Gasteiger partial charge in [0.1, 0.15) is 17.0 Å². The Labute approximate surface area is 136 Å². The highest BCUT2D eigenvalue weighted by Crippen LogP contribution is 2.24. The summed E-state index contributed by atoms with van der Waals surface area (Å²) in [6.45, 7) is 0. The van der Waals surface area contributed by atoms with Gasteiger partial charge >= 0.3 is 0 Å². The van der Waals surface area contributed by atoms with E-state index >= 15 is 0 Å². The van der Waals surface area contributed by atoms with Gasteiger partial charge < -0.3 is 15.8 Å². The maximum absolute atomic E-state index is 12.6. The minimum Gasteiger partial charge on any atom is -0.494 e. The predicted octanol–water partition coefficient (Wildman–Crippen LogP) is 1.03. The van der Waals surface area contributed by atoms with Crippen LogP contribution >= 0.6 is 0 Å². The van der Waals surface area contributed by atoms with Crippen LogP contribution in [0, 0.1) is 11.3 Å². The summed E-state index contributed by atoms with van der Waals surface area (Å²) < 4.78 is 6.56. The molecule has 24 heavy (non-hydrogen) atoms. The number of nitrogens with one attached hydrogen (secondary N) is 1. The third-order valence-electron chi connectivity index (χ3n) is 3.31. The van der Waals surface area contributed by atoms with Crippen molar-refractivity contribution in [3.05, 3.63) is 42.0 Å². The number of hydrogen-bond donors (Lipinski definition) is 2. The molecule has 0 unspecified atom stereocenters. The first kappa shape index (κ1) is 15.2. The fraction of sp³-hybridized carbons (Fsp3) is 0.133. The number of carbonyl (C=O) groups excluding carboxylic acids is 1. The molecular formula is C15H13N7O2. The van der Waals surface area contributed by atoms with Crippen molar-refractivity contribution in [2.75, 3.05) is 18.2 Å². The molecule has 0 fully saturated rings. The highest BCUT2D eigenvalue weighted by molar-refractivity contribution is 6.11. The molecule has 3 N–H and O–H groups in total. The lowest BCUT2D eigenvalue weighted by molar-refractivity contribution is 0.102. The van der Waals surface area contributed by atoms with Gasteiger partial charge in [0.25, 0.3) is 5.91 Å². The first-order valence-corrected chi connectivity index (χ1v) is 6.93. The van der Waals surface area contributed by atoms with Crippen molar-refractivity contribution >= 4 is 23.1 Å². The number of rotatable bonds is 4. The van der Waals surface area contributed by atoms with E-state index in [2.05, 4.69) is 20.4 Å². The number of amides is 1. The van der Waals surface area contributed by atoms with E-state index in [1.54, 1.807) is 18.5 Å². The number of nitrogens with zero attached hydrogens (tertiary/aromatic N) is 5. The summed E-state index contributed by atoms with van der Waals surface area (Å²) in [7, 11) is 1.49. The smallest absolute Gasteiger partial charge is 0.263 e. The Bertz CT molecular complexity index is 958. The molecule has 0 saturated heterocycles. The van der Waals surface area contributed by atoms with Crippen molar-refractivity contribution in [3.8, 4) is 11.8 Å². The fourth-order valence-electron chi connectivity index (χ4n) is 2.23. The quantitative estimate of drug-likeness (QED) is 0.733. The van der Waals surface area contributed by atoms with Crippen LogP contribution in [0.25, 0.3) is 5.65 Å². The normalized spacial score (nSPS) is 10.3. The lowest BCUT2D eigenvalue weighted by atomic mass is 10.2. The highest BCUT2D eigenvalue weighted by atomic mass is 16.5. The molecule has 0 saturated carbocycles. The summed E-state index contributed by atoms with van der Waals surface area (Å²) in [4.78, 5) is 20.7. The van der Waals surface area contributed by atoms with Crippen molar-refractivity contribution in [2.45, 2.75) is 6.42 Å². The molecule has 0 atom stereocenters. The lowest BCUT2D eigenvalue weighted by Crippen LogP contribution is -2.14. The molecule has 0 aromatic carbocycles. The maximum atomic E-state index is 12.6. The molecule has 3 aromatic heterocycles. The molecule has 0 aliphatic heterocycles. The number of ether oxygens (including phenoxy) is 1. The average molecular weight is 323 g/mol. The van der Waals surface area contributed by atoms with Gasteiger partial charge in [-0.3, -0.25) is 9.78 Å². The third kappa shape index (κ3) is 2.68. The zero-order valence-electron chi connectivity index (χ0n) is 12.7. The second kappa shape index (κ2) is 6.21. The predicted molar refractivity (Wildman–Crippen MR) is 85.5 cm³/mol. The van der Waals surface area contributed by atoms with Gasteiger partial charge in [0.05, 0.1) is 25.8 Å². The van der Waals surface area contributed by atoms with Crippen molar-refractivity contribution in [3.63, 3.8) is 0 Å². The largest absolute Gasteiger partial charge is 0.494 e. The van der Waals surface area contributed by atoms with Crippen LogP contribution in [0.4, 0.5) is 11.5 Å². The molecule has 0 radical (unpaired) electrons. The van der Waals surface area contributed by atoms with E-state index in [0.717, 1.165) is 0 Å². The van der Waals surface area contributed by atoms with E-state index in [9.17, 15) is 4.79 Å². The molecular weight excluding hydrogens is 310 g/mol. The summed E-state index contributed by atoms with van der Waals surface area (Å²) >= 11 is 0. The van der Waals surface area contributed by atoms with Gasteiger partial charge in [-0.15, -0.1) is 5.10 Å². The Morgan fingerprint density at radius 2 is 2.33 bits per heavy atom. The van der Waals surface area contributed by atoms with Crippen molar-refractivity contribution in [1.29, 1.82) is 5.26 Å². The number of anilines is 2. The first-order valence-electron chi connectivity index (χ1n) is 6.93. The summed E-state index contributed by atoms with van der Waals surface area (Å²) in [6.07, 6.45) is 6.34. The van der Waals surface area contributed by atoms with E-state index in [0.29, 0.717) is 22.6 Å². The van der Waals surface area contributed by atoms with Gasteiger partial charge in [0.2, 0.25) is 0 Å². The second-order valence-corrected chi connectivity index (χ2v) is 4.86. The average Bonchev–Trinajstić information content (AvgIpc) is 2.90. The minimum atomic E-state index is -0.477. The van der Waals surface area contributed by atoms with Crippen LogP contribution in [0.15, 0.2) is 30.9 Å². The Kier molecular flexibility index (Phi) is 3.94. The number of aromatic nitrogens is 4. The highest BCUT2D eigenvalue weighted by Gasteiger charge is 2.20. The van der Waals surface area contributed by atoms with Crippen LogP contribution in [0.3, 0.4) is 0 Å². The van der Waals surface area contributed by atoms with Crippen LogP contribution in [-0.2, 0) is 6.42 Å². The number of nitriles is 1. The number of nitrogen functional groups attached to an aromatic ring is 1. The van der Waals surface area contributed by atoms with E-state index in [1.165, 1.54) is 24.0 Å². The molecule has 1 amide bonds. The third-order valence-corrected chi connectivity index (χ3v) is 3.31. The van der Waals surface area contributed by atoms with Crippen LogP contribution in [0.5, 0.6) is 5.75 Å². The van der Waals surface area contributed by atoms with E-state index < -0.39 is 5.91 Å². The number of pyridine rings is 1. The molecule has 3 aromatic rings. The monoisotopic (exact) mass is 323 g/mol. The summed E-state index contributed by atoms with van der Waals surface area (Å²) in [6, 6.07) is 3.65.